The van der Waals surface area contributed by atoms with Gasteiger partial charge in [0.1, 0.15) is 91.6 Å². The van der Waals surface area contributed by atoms with Crippen molar-refractivity contribution in [1.29, 1.82) is 0 Å². The Balaban J connectivity index is 1.01. The van der Waals surface area contributed by atoms with Crippen molar-refractivity contribution < 1.29 is 114 Å². The molecule has 0 aromatic carbocycles. The molecule has 1 spiro atoms. The van der Waals surface area contributed by atoms with E-state index in [1.165, 1.54) is 0 Å². The van der Waals surface area contributed by atoms with Crippen LogP contribution < -0.4 is 0 Å². The molecule has 4 saturated heterocycles. The lowest BCUT2D eigenvalue weighted by molar-refractivity contribution is -0.378. The van der Waals surface area contributed by atoms with Gasteiger partial charge in [-0.25, -0.2) is 0 Å². The molecule has 23 nitrogen and oxygen atoms in total. The van der Waals surface area contributed by atoms with E-state index in [2.05, 4.69) is 13.5 Å². The number of carbonyl (C=O) groups is 1. The number of rotatable bonds is 12. The average Bonchev–Trinajstić information content (AvgIpc) is 3.50. The number of fused-ring (bicyclic) bond motifs is 3. The van der Waals surface area contributed by atoms with Crippen molar-refractivity contribution in [1.82, 2.24) is 0 Å². The molecule has 4 aliphatic carbocycles. The maximum Gasteiger partial charge on any atom is 0.314 e. The molecule has 14 N–H and O–H groups in total. The Labute approximate surface area is 386 Å². The van der Waals surface area contributed by atoms with E-state index in [-0.39, 0.29) is 17.3 Å². The van der Waals surface area contributed by atoms with Gasteiger partial charge in [-0.3, -0.25) is 4.79 Å². The Morgan fingerprint density at radius 3 is 1.52 bits per heavy atom. The third-order valence-electron chi connectivity index (χ3n) is 17.1. The number of hydrogen-bond acceptors (Lipinski definition) is 23. The van der Waals surface area contributed by atoms with Crippen molar-refractivity contribution in [3.05, 3.63) is 12.2 Å². The second-order valence-corrected chi connectivity index (χ2v) is 20.8. The van der Waals surface area contributed by atoms with Gasteiger partial charge in [-0.15, -0.1) is 0 Å². The standard InChI is InChI=1S/C44H70O23/c1-17-11-43-9-5-22-41(2,7-4-8-42(22,3)40(59)66-38-34(30(55)26(51)20(14-47)62-38)64-36-32(57)28(53)24(49)18(12-45)60-36)23(43)6-10-44(17,16-43)67-39-35(31(56)27(52)21(15-48)63-39)65-37-33(58)29(54)25(50)19(13-46)61-37/h18-39,45-58H,1,4-16H2,2-3H3/t18-,19-,20-,21-,22?,23?,24-,25-,26-,27-,28+,29+,30+,31+,32-,33-,34-,35-,36+,37+,38+,39+,41-,42-,43-,44+/m1/s1. The second kappa shape index (κ2) is 19.4. The molecule has 4 aliphatic heterocycles. The monoisotopic (exact) mass is 966 g/mol. The summed E-state index contributed by atoms with van der Waals surface area (Å²) in [6, 6.07) is 0. The van der Waals surface area contributed by atoms with E-state index in [0.29, 0.717) is 51.4 Å². The van der Waals surface area contributed by atoms with Gasteiger partial charge in [0, 0.05) is 0 Å². The molecule has 0 aromatic heterocycles. The van der Waals surface area contributed by atoms with Gasteiger partial charge in [0.2, 0.25) is 6.29 Å². The highest BCUT2D eigenvalue weighted by Crippen LogP contribution is 2.73. The Morgan fingerprint density at radius 2 is 1.01 bits per heavy atom. The molecular weight excluding hydrogens is 896 g/mol. The molecule has 23 heteroatoms. The lowest BCUT2D eigenvalue weighted by Crippen LogP contribution is -2.66. The van der Waals surface area contributed by atoms with Crippen LogP contribution >= 0.6 is 0 Å². The number of aliphatic hydroxyl groups excluding tert-OH is 14. The van der Waals surface area contributed by atoms with E-state index >= 15 is 0 Å². The van der Waals surface area contributed by atoms with E-state index in [4.69, 9.17) is 37.9 Å². The van der Waals surface area contributed by atoms with Crippen LogP contribution in [0.15, 0.2) is 12.2 Å². The van der Waals surface area contributed by atoms with Gasteiger partial charge in [0.15, 0.2) is 25.0 Å². The SMILES string of the molecule is C=C1C[C@@]23CCC4[C@@](C)(CCC[C@@]4(C)C(=O)O[C@@H]4O[C@H](CO)[C@@H](O)[C@H](O)[C@H]4O[C@@H]4O[C@H](CO)[C@@H](O)[C@H](O)[C@H]4O)C2CC[C@]1(O[C@@H]1O[C@H](CO)[C@@H](O)[C@H](O)[C@H]1O[C@@H]1O[C@H](CO)[C@@H](O)[C@H](O)[C@H]1O)C3. The molecule has 0 radical (unpaired) electrons. The number of hydrogen-bond donors (Lipinski definition) is 14. The Bertz CT molecular complexity index is 1760. The summed E-state index contributed by atoms with van der Waals surface area (Å²) in [5, 5.41) is 147. The fourth-order valence-electron chi connectivity index (χ4n) is 13.5. The molecule has 4 heterocycles. The highest BCUT2D eigenvalue weighted by atomic mass is 16.8. The molecule has 8 aliphatic rings. The Morgan fingerprint density at radius 1 is 0.567 bits per heavy atom. The summed E-state index contributed by atoms with van der Waals surface area (Å²) in [4.78, 5) is 14.7. The van der Waals surface area contributed by atoms with Crippen LogP contribution in [-0.4, -0.2) is 232 Å². The smallest absolute Gasteiger partial charge is 0.314 e. The summed E-state index contributed by atoms with van der Waals surface area (Å²) in [5.74, 6) is -0.927. The Kier molecular flexibility index (Phi) is 15.0. The van der Waals surface area contributed by atoms with Crippen molar-refractivity contribution in [2.24, 2.45) is 28.1 Å². The van der Waals surface area contributed by atoms with Crippen LogP contribution in [0.4, 0.5) is 0 Å². The fraction of sp³-hybridized carbons (Fsp3) is 0.932. The Hall–Kier alpha value is -1.63. The van der Waals surface area contributed by atoms with Gasteiger partial charge in [-0.1, -0.05) is 19.9 Å². The number of aliphatic hydroxyl groups is 14. The highest BCUT2D eigenvalue weighted by Gasteiger charge is 2.69. The molecule has 0 amide bonds. The topological polar surface area (TPSA) is 374 Å². The summed E-state index contributed by atoms with van der Waals surface area (Å²) in [5.41, 5.74) is -2.29. The van der Waals surface area contributed by atoms with E-state index in [9.17, 15) is 76.3 Å². The summed E-state index contributed by atoms with van der Waals surface area (Å²) < 4.78 is 47.6. The zero-order valence-electron chi connectivity index (χ0n) is 37.5. The number of ether oxygens (including phenoxy) is 8. The molecule has 4 saturated carbocycles. The number of carbonyl (C=O) groups excluding carboxylic acids is 1. The van der Waals surface area contributed by atoms with Crippen LogP contribution in [0.25, 0.3) is 0 Å². The van der Waals surface area contributed by atoms with Crippen LogP contribution in [0.1, 0.15) is 71.6 Å². The largest absolute Gasteiger partial charge is 0.432 e. The maximum atomic E-state index is 14.7. The molecule has 8 rings (SSSR count). The van der Waals surface area contributed by atoms with Gasteiger partial charge < -0.3 is 109 Å². The fourth-order valence-corrected chi connectivity index (χ4v) is 13.5. The lowest BCUT2D eigenvalue weighted by Gasteiger charge is -2.64. The molecule has 8 fully saturated rings. The van der Waals surface area contributed by atoms with Gasteiger partial charge in [-0.05, 0) is 86.5 Å². The van der Waals surface area contributed by atoms with Crippen LogP contribution in [0.3, 0.4) is 0 Å². The molecule has 0 aromatic rings. The lowest BCUT2D eigenvalue weighted by atomic mass is 9.41. The second-order valence-electron chi connectivity index (χ2n) is 20.8. The van der Waals surface area contributed by atoms with Gasteiger partial charge in [0.25, 0.3) is 0 Å². The zero-order chi connectivity index (χ0) is 48.7. The molecule has 67 heavy (non-hydrogen) atoms. The summed E-state index contributed by atoms with van der Waals surface area (Å²) >= 11 is 0. The van der Waals surface area contributed by atoms with Crippen LogP contribution in [0.2, 0.25) is 0 Å². The van der Waals surface area contributed by atoms with Crippen molar-refractivity contribution >= 4 is 5.97 Å². The average molecular weight is 967 g/mol. The van der Waals surface area contributed by atoms with Gasteiger partial charge in [0.05, 0.1) is 37.4 Å². The maximum absolute atomic E-state index is 14.7. The van der Waals surface area contributed by atoms with E-state index in [1.807, 2.05) is 6.92 Å². The zero-order valence-corrected chi connectivity index (χ0v) is 37.5. The minimum atomic E-state index is -1.90. The van der Waals surface area contributed by atoms with Crippen molar-refractivity contribution in [3.8, 4) is 0 Å². The first kappa shape index (κ1) is 51.7. The predicted octanol–water partition coefficient (Wildman–Crippen LogP) is -5.11. The van der Waals surface area contributed by atoms with E-state index < -0.39 is 172 Å². The first-order valence-corrected chi connectivity index (χ1v) is 23.4. The quantitative estimate of drug-likeness (QED) is 0.0494. The first-order valence-electron chi connectivity index (χ1n) is 23.4. The van der Waals surface area contributed by atoms with Gasteiger partial charge >= 0.3 is 5.97 Å². The predicted molar refractivity (Wildman–Crippen MR) is 219 cm³/mol. The van der Waals surface area contributed by atoms with Gasteiger partial charge in [-0.2, -0.15) is 0 Å². The first-order chi connectivity index (χ1) is 31.6. The molecule has 2 bridgehead atoms. The molecule has 26 atom stereocenters. The third kappa shape index (κ3) is 8.63. The van der Waals surface area contributed by atoms with E-state index in [1.54, 1.807) is 0 Å². The van der Waals surface area contributed by atoms with Crippen molar-refractivity contribution in [2.45, 2.75) is 200 Å². The molecule has 384 valence electrons. The summed E-state index contributed by atoms with van der Waals surface area (Å²) in [7, 11) is 0. The van der Waals surface area contributed by atoms with Crippen LogP contribution in [0.5, 0.6) is 0 Å². The van der Waals surface area contributed by atoms with Crippen molar-refractivity contribution in [2.75, 3.05) is 26.4 Å². The van der Waals surface area contributed by atoms with Crippen LogP contribution in [0, 0.1) is 28.1 Å². The van der Waals surface area contributed by atoms with Crippen molar-refractivity contribution in [3.63, 3.8) is 0 Å². The normalized spacial score (nSPS) is 54.5. The minimum absolute atomic E-state index is 0.0251. The highest BCUT2D eigenvalue weighted by molar-refractivity contribution is 5.77. The number of esters is 1. The summed E-state index contributed by atoms with van der Waals surface area (Å²) in [6.45, 7) is 5.47. The van der Waals surface area contributed by atoms with E-state index in [0.717, 1.165) is 12.0 Å². The minimum Gasteiger partial charge on any atom is -0.432 e. The summed E-state index contributed by atoms with van der Waals surface area (Å²) in [6.07, 6.45) is -28.3. The molecular formula is C44H70O23. The third-order valence-corrected chi connectivity index (χ3v) is 17.1. The molecule has 2 unspecified atom stereocenters. The van der Waals surface area contributed by atoms with Crippen LogP contribution in [-0.2, 0) is 42.7 Å².